The molecule has 0 aliphatic carbocycles. The summed E-state index contributed by atoms with van der Waals surface area (Å²) in [7, 11) is 1.52. The SMILES string of the molecule is CNC(=O)c1nc2ccc(NC(=O)CC(C)=O)cc2[nH]1. The number of nitrogens with one attached hydrogen (secondary N) is 3. The molecule has 3 N–H and O–H groups in total. The average molecular weight is 274 g/mol. The van der Waals surface area contributed by atoms with Gasteiger partial charge < -0.3 is 15.6 Å². The van der Waals surface area contributed by atoms with Gasteiger partial charge in [-0.1, -0.05) is 0 Å². The lowest BCUT2D eigenvalue weighted by Crippen LogP contribution is -2.19. The Hall–Kier alpha value is -2.70. The topological polar surface area (TPSA) is 104 Å². The molecule has 20 heavy (non-hydrogen) atoms. The van der Waals surface area contributed by atoms with E-state index in [9.17, 15) is 14.4 Å². The van der Waals surface area contributed by atoms with Gasteiger partial charge in [-0.25, -0.2) is 4.98 Å². The molecule has 0 aliphatic heterocycles. The first-order valence-corrected chi connectivity index (χ1v) is 6.00. The van der Waals surface area contributed by atoms with Crippen LogP contribution in [0, 0.1) is 0 Å². The maximum absolute atomic E-state index is 11.5. The summed E-state index contributed by atoms with van der Waals surface area (Å²) in [5.41, 5.74) is 1.79. The number of hydrogen-bond donors (Lipinski definition) is 3. The van der Waals surface area contributed by atoms with E-state index in [-0.39, 0.29) is 29.8 Å². The van der Waals surface area contributed by atoms with Gasteiger partial charge >= 0.3 is 0 Å². The predicted molar refractivity (Wildman–Crippen MR) is 73.4 cm³/mol. The number of aromatic nitrogens is 2. The molecule has 1 aromatic carbocycles. The summed E-state index contributed by atoms with van der Waals surface area (Å²) in [6.45, 7) is 1.35. The number of imidazole rings is 1. The van der Waals surface area contributed by atoms with Gasteiger partial charge in [-0.3, -0.25) is 14.4 Å². The molecule has 7 heteroatoms. The molecule has 2 aromatic rings. The molecule has 0 fully saturated rings. The maximum atomic E-state index is 11.5. The van der Waals surface area contributed by atoms with Gasteiger partial charge in [0.05, 0.1) is 17.5 Å². The molecule has 1 heterocycles. The van der Waals surface area contributed by atoms with Gasteiger partial charge in [-0.2, -0.15) is 0 Å². The van der Waals surface area contributed by atoms with Crippen molar-refractivity contribution in [2.75, 3.05) is 12.4 Å². The second-order valence-corrected chi connectivity index (χ2v) is 4.32. The van der Waals surface area contributed by atoms with Crippen LogP contribution in [-0.4, -0.2) is 34.6 Å². The number of H-pyrrole nitrogens is 1. The Kier molecular flexibility index (Phi) is 3.79. The van der Waals surface area contributed by atoms with Gasteiger partial charge in [-0.15, -0.1) is 0 Å². The van der Waals surface area contributed by atoms with E-state index in [4.69, 9.17) is 0 Å². The molecule has 0 unspecified atom stereocenters. The Morgan fingerprint density at radius 1 is 1.30 bits per heavy atom. The number of ketones is 1. The van der Waals surface area contributed by atoms with Crippen molar-refractivity contribution in [2.45, 2.75) is 13.3 Å². The second kappa shape index (κ2) is 5.52. The number of rotatable bonds is 4. The van der Waals surface area contributed by atoms with Crippen LogP contribution in [0.1, 0.15) is 24.0 Å². The summed E-state index contributed by atoms with van der Waals surface area (Å²) in [5.74, 6) is -0.687. The minimum absolute atomic E-state index is 0.162. The summed E-state index contributed by atoms with van der Waals surface area (Å²) in [4.78, 5) is 40.8. The fourth-order valence-electron chi connectivity index (χ4n) is 1.74. The third-order valence-corrected chi connectivity index (χ3v) is 2.62. The molecular formula is C13H14N4O3. The van der Waals surface area contributed by atoms with Crippen molar-refractivity contribution >= 4 is 34.3 Å². The van der Waals surface area contributed by atoms with E-state index in [2.05, 4.69) is 20.6 Å². The van der Waals surface area contributed by atoms with Gasteiger partial charge in [0, 0.05) is 12.7 Å². The Morgan fingerprint density at radius 3 is 2.70 bits per heavy atom. The fraction of sp³-hybridized carbons (Fsp3) is 0.231. The normalized spacial score (nSPS) is 10.3. The van der Waals surface area contributed by atoms with E-state index in [1.165, 1.54) is 14.0 Å². The highest BCUT2D eigenvalue weighted by atomic mass is 16.2. The number of nitrogens with zero attached hydrogens (tertiary/aromatic N) is 1. The number of aromatic amines is 1. The molecule has 0 spiro atoms. The Bertz CT molecular complexity index is 690. The molecule has 7 nitrogen and oxygen atoms in total. The summed E-state index contributed by atoms with van der Waals surface area (Å²) < 4.78 is 0. The Balaban J connectivity index is 2.22. The number of fused-ring (bicyclic) bond motifs is 1. The van der Waals surface area contributed by atoms with E-state index >= 15 is 0 Å². The van der Waals surface area contributed by atoms with Crippen LogP contribution in [0.4, 0.5) is 5.69 Å². The maximum Gasteiger partial charge on any atom is 0.286 e. The first kappa shape index (κ1) is 13.7. The van der Waals surface area contributed by atoms with Crippen LogP contribution < -0.4 is 10.6 Å². The quantitative estimate of drug-likeness (QED) is 0.718. The van der Waals surface area contributed by atoms with Crippen LogP contribution >= 0.6 is 0 Å². The van der Waals surface area contributed by atoms with Gasteiger partial charge in [0.1, 0.15) is 5.78 Å². The molecule has 0 atom stereocenters. The molecule has 0 radical (unpaired) electrons. The number of carbonyl (C=O) groups is 3. The highest BCUT2D eigenvalue weighted by molar-refractivity contribution is 6.04. The van der Waals surface area contributed by atoms with Crippen molar-refractivity contribution in [1.82, 2.24) is 15.3 Å². The van der Waals surface area contributed by atoms with E-state index in [0.717, 1.165) is 0 Å². The second-order valence-electron chi connectivity index (χ2n) is 4.32. The van der Waals surface area contributed by atoms with Crippen molar-refractivity contribution < 1.29 is 14.4 Å². The van der Waals surface area contributed by atoms with Crippen molar-refractivity contribution in [3.63, 3.8) is 0 Å². The number of Topliss-reactive ketones (excluding diaryl/α,β-unsaturated/α-hetero) is 1. The van der Waals surface area contributed by atoms with Crippen molar-refractivity contribution in [1.29, 1.82) is 0 Å². The highest BCUT2D eigenvalue weighted by Crippen LogP contribution is 2.17. The van der Waals surface area contributed by atoms with E-state index in [0.29, 0.717) is 16.7 Å². The summed E-state index contributed by atoms with van der Waals surface area (Å²) >= 11 is 0. The van der Waals surface area contributed by atoms with Crippen LogP contribution in [0.3, 0.4) is 0 Å². The Morgan fingerprint density at radius 2 is 2.05 bits per heavy atom. The number of amides is 2. The molecule has 0 saturated carbocycles. The molecule has 0 bridgehead atoms. The minimum atomic E-state index is -0.372. The zero-order valence-electron chi connectivity index (χ0n) is 11.1. The molecule has 1 aromatic heterocycles. The third kappa shape index (κ3) is 3.00. The standard InChI is InChI=1S/C13H14N4O3/c1-7(18)5-11(19)15-8-3-4-9-10(6-8)17-12(16-9)13(20)14-2/h3-4,6H,5H2,1-2H3,(H,14,20)(H,15,19)(H,16,17). The number of carbonyl (C=O) groups excluding carboxylic acids is 3. The minimum Gasteiger partial charge on any atom is -0.352 e. The van der Waals surface area contributed by atoms with Crippen LogP contribution in [0.2, 0.25) is 0 Å². The summed E-state index contributed by atoms with van der Waals surface area (Å²) in [5, 5.41) is 5.08. The van der Waals surface area contributed by atoms with Crippen LogP contribution in [-0.2, 0) is 9.59 Å². The fourth-order valence-corrected chi connectivity index (χ4v) is 1.74. The van der Waals surface area contributed by atoms with E-state index < -0.39 is 0 Å². The first-order chi connectivity index (χ1) is 9.49. The number of anilines is 1. The number of benzene rings is 1. The van der Waals surface area contributed by atoms with E-state index in [1.807, 2.05) is 0 Å². The predicted octanol–water partition coefficient (Wildman–Crippen LogP) is 0.840. The summed E-state index contributed by atoms with van der Waals surface area (Å²) in [6, 6.07) is 5.00. The first-order valence-electron chi connectivity index (χ1n) is 6.00. The largest absolute Gasteiger partial charge is 0.352 e. The van der Waals surface area contributed by atoms with Gasteiger partial charge in [-0.05, 0) is 25.1 Å². The Labute approximate surface area is 114 Å². The van der Waals surface area contributed by atoms with Crippen LogP contribution in [0.25, 0.3) is 11.0 Å². The zero-order valence-corrected chi connectivity index (χ0v) is 11.1. The van der Waals surface area contributed by atoms with Crippen molar-refractivity contribution in [3.8, 4) is 0 Å². The lowest BCUT2D eigenvalue weighted by atomic mass is 10.2. The number of hydrogen-bond acceptors (Lipinski definition) is 4. The smallest absolute Gasteiger partial charge is 0.286 e. The van der Waals surface area contributed by atoms with E-state index in [1.54, 1.807) is 18.2 Å². The zero-order chi connectivity index (χ0) is 14.7. The monoisotopic (exact) mass is 274 g/mol. The van der Waals surface area contributed by atoms with Crippen LogP contribution in [0.15, 0.2) is 18.2 Å². The molecule has 0 saturated heterocycles. The lowest BCUT2D eigenvalue weighted by Gasteiger charge is -2.03. The van der Waals surface area contributed by atoms with Gasteiger partial charge in [0.15, 0.2) is 5.82 Å². The highest BCUT2D eigenvalue weighted by Gasteiger charge is 2.11. The van der Waals surface area contributed by atoms with Gasteiger partial charge in [0.25, 0.3) is 5.91 Å². The van der Waals surface area contributed by atoms with Crippen molar-refractivity contribution in [2.24, 2.45) is 0 Å². The molecular weight excluding hydrogens is 260 g/mol. The molecule has 104 valence electrons. The summed E-state index contributed by atoms with van der Waals surface area (Å²) in [6.07, 6.45) is -0.162. The average Bonchev–Trinajstić information content (AvgIpc) is 2.79. The van der Waals surface area contributed by atoms with Crippen LogP contribution in [0.5, 0.6) is 0 Å². The van der Waals surface area contributed by atoms with Gasteiger partial charge in [0.2, 0.25) is 5.91 Å². The van der Waals surface area contributed by atoms with Crippen molar-refractivity contribution in [3.05, 3.63) is 24.0 Å². The molecule has 2 amide bonds. The third-order valence-electron chi connectivity index (χ3n) is 2.62. The molecule has 0 aliphatic rings. The molecule has 2 rings (SSSR count). The lowest BCUT2D eigenvalue weighted by molar-refractivity contribution is -0.124.